The van der Waals surface area contributed by atoms with Gasteiger partial charge in [-0.25, -0.2) is 9.97 Å². The third-order valence-electron chi connectivity index (χ3n) is 5.14. The van der Waals surface area contributed by atoms with Crippen molar-refractivity contribution in [1.29, 1.82) is 0 Å². The first-order valence-corrected chi connectivity index (χ1v) is 9.42. The van der Waals surface area contributed by atoms with Crippen LogP contribution >= 0.6 is 11.3 Å². The van der Waals surface area contributed by atoms with Gasteiger partial charge < -0.3 is 14.8 Å². The van der Waals surface area contributed by atoms with E-state index in [-0.39, 0.29) is 11.9 Å². The Kier molecular flexibility index (Phi) is 4.17. The van der Waals surface area contributed by atoms with Gasteiger partial charge in [-0.3, -0.25) is 4.79 Å². The molecule has 0 saturated carbocycles. The van der Waals surface area contributed by atoms with E-state index >= 15 is 0 Å². The van der Waals surface area contributed by atoms with Gasteiger partial charge in [0.2, 0.25) is 0 Å². The molecular formula is C18H21N5OS. The molecule has 0 aromatic carbocycles. The summed E-state index contributed by atoms with van der Waals surface area (Å²) in [6, 6.07) is 4.13. The van der Waals surface area contributed by atoms with Gasteiger partial charge in [0.1, 0.15) is 17.8 Å². The minimum atomic E-state index is 0.126. The molecule has 25 heavy (non-hydrogen) atoms. The summed E-state index contributed by atoms with van der Waals surface area (Å²) in [5.41, 5.74) is 1.63. The lowest BCUT2D eigenvalue weighted by Gasteiger charge is -2.42. The van der Waals surface area contributed by atoms with Crippen LogP contribution in [0.4, 0.5) is 5.82 Å². The molecule has 0 aliphatic carbocycles. The van der Waals surface area contributed by atoms with E-state index in [9.17, 15) is 4.79 Å². The van der Waals surface area contributed by atoms with Crippen molar-refractivity contribution in [1.82, 2.24) is 19.9 Å². The largest absolute Gasteiger partial charge is 0.354 e. The van der Waals surface area contributed by atoms with Crippen molar-refractivity contribution in [2.24, 2.45) is 5.92 Å². The normalized spacial score (nSPS) is 20.8. The highest BCUT2D eigenvalue weighted by atomic mass is 32.1. The number of carbonyl (C=O) groups excluding carboxylic acids is 1. The zero-order valence-electron chi connectivity index (χ0n) is 14.3. The number of H-pyrrole nitrogens is 1. The smallest absolute Gasteiger partial charge is 0.254 e. The van der Waals surface area contributed by atoms with Crippen LogP contribution in [-0.4, -0.2) is 51.9 Å². The van der Waals surface area contributed by atoms with E-state index in [1.165, 1.54) is 0 Å². The standard InChI is InChI=1S/C18H21N5OS/c1-12-4-7-23(18(24)13-5-8-25-10-13)9-15(12)22(2)17-14-3-6-19-16(14)20-11-21-17/h3,5-6,8,10-12,15H,4,7,9H2,1-2H3,(H,19,20,21). The second kappa shape index (κ2) is 6.48. The number of rotatable bonds is 3. The molecule has 2 atom stereocenters. The predicted molar refractivity (Wildman–Crippen MR) is 100 cm³/mol. The van der Waals surface area contributed by atoms with Gasteiger partial charge >= 0.3 is 0 Å². The van der Waals surface area contributed by atoms with Gasteiger partial charge in [0, 0.05) is 31.7 Å². The Morgan fingerprint density at radius 2 is 2.28 bits per heavy atom. The first-order chi connectivity index (χ1) is 12.1. The maximum absolute atomic E-state index is 12.7. The summed E-state index contributed by atoms with van der Waals surface area (Å²) in [7, 11) is 2.06. The Bertz CT molecular complexity index is 875. The van der Waals surface area contributed by atoms with Gasteiger partial charge in [0.15, 0.2) is 0 Å². The molecule has 0 spiro atoms. The molecule has 1 fully saturated rings. The number of likely N-dealkylation sites (N-methyl/N-ethyl adjacent to an activating group) is 1. The molecule has 0 radical (unpaired) electrons. The molecule has 2 unspecified atom stereocenters. The SMILES string of the molecule is CC1CCN(C(=O)c2ccsc2)CC1N(C)c1ncnc2[nH]ccc12. The third kappa shape index (κ3) is 2.89. The summed E-state index contributed by atoms with van der Waals surface area (Å²) >= 11 is 1.56. The van der Waals surface area contributed by atoms with Gasteiger partial charge in [0.25, 0.3) is 5.91 Å². The number of piperidine rings is 1. The van der Waals surface area contributed by atoms with Crippen molar-refractivity contribution in [3.63, 3.8) is 0 Å². The van der Waals surface area contributed by atoms with E-state index in [4.69, 9.17) is 0 Å². The lowest BCUT2D eigenvalue weighted by molar-refractivity contribution is 0.0670. The molecular weight excluding hydrogens is 334 g/mol. The highest BCUT2D eigenvalue weighted by Crippen LogP contribution is 2.29. The summed E-state index contributed by atoms with van der Waals surface area (Å²) in [6.07, 6.45) is 4.46. The highest BCUT2D eigenvalue weighted by Gasteiger charge is 2.33. The number of aromatic nitrogens is 3. The molecule has 1 aliphatic rings. The molecule has 0 bridgehead atoms. The average molecular weight is 355 g/mol. The zero-order valence-corrected chi connectivity index (χ0v) is 15.2. The summed E-state index contributed by atoms with van der Waals surface area (Å²) in [5, 5.41) is 4.89. The molecule has 4 rings (SSSR count). The summed E-state index contributed by atoms with van der Waals surface area (Å²) in [6.45, 7) is 3.77. The fraction of sp³-hybridized carbons (Fsp3) is 0.389. The van der Waals surface area contributed by atoms with Crippen LogP contribution in [0, 0.1) is 5.92 Å². The predicted octanol–water partition coefficient (Wildman–Crippen LogP) is 3.01. The average Bonchev–Trinajstić information content (AvgIpc) is 3.32. The molecule has 1 aliphatic heterocycles. The van der Waals surface area contributed by atoms with Crippen LogP contribution in [0.3, 0.4) is 0 Å². The fourth-order valence-corrected chi connectivity index (χ4v) is 4.23. The van der Waals surface area contributed by atoms with Gasteiger partial charge in [-0.2, -0.15) is 11.3 Å². The van der Waals surface area contributed by atoms with Crippen LogP contribution in [0.2, 0.25) is 0 Å². The first-order valence-electron chi connectivity index (χ1n) is 8.47. The van der Waals surface area contributed by atoms with Gasteiger partial charge in [0.05, 0.1) is 17.0 Å². The fourth-order valence-electron chi connectivity index (χ4n) is 3.60. The molecule has 130 valence electrons. The number of fused-ring (bicyclic) bond motifs is 1. The number of carbonyl (C=O) groups is 1. The number of nitrogens with zero attached hydrogens (tertiary/aromatic N) is 4. The van der Waals surface area contributed by atoms with Crippen LogP contribution in [0.15, 0.2) is 35.4 Å². The molecule has 1 amide bonds. The van der Waals surface area contributed by atoms with Crippen molar-refractivity contribution < 1.29 is 4.79 Å². The maximum atomic E-state index is 12.7. The molecule has 1 N–H and O–H groups in total. The van der Waals surface area contributed by atoms with Crippen molar-refractivity contribution in [2.75, 3.05) is 25.0 Å². The lowest BCUT2D eigenvalue weighted by Crippen LogP contribution is -2.52. The van der Waals surface area contributed by atoms with Crippen molar-refractivity contribution in [3.8, 4) is 0 Å². The van der Waals surface area contributed by atoms with Crippen LogP contribution < -0.4 is 4.90 Å². The first kappa shape index (κ1) is 16.1. The minimum Gasteiger partial charge on any atom is -0.354 e. The summed E-state index contributed by atoms with van der Waals surface area (Å²) in [5.74, 6) is 1.52. The number of nitrogens with one attached hydrogen (secondary N) is 1. The van der Waals surface area contributed by atoms with Gasteiger partial charge in [-0.05, 0) is 29.9 Å². The molecule has 4 heterocycles. The van der Waals surface area contributed by atoms with Crippen LogP contribution in [0.25, 0.3) is 11.0 Å². The number of anilines is 1. The van der Waals surface area contributed by atoms with Gasteiger partial charge in [-0.1, -0.05) is 6.92 Å². The number of aromatic amines is 1. The van der Waals surface area contributed by atoms with E-state index in [1.54, 1.807) is 17.7 Å². The van der Waals surface area contributed by atoms with E-state index in [0.29, 0.717) is 12.5 Å². The third-order valence-corrected chi connectivity index (χ3v) is 5.82. The summed E-state index contributed by atoms with van der Waals surface area (Å²) < 4.78 is 0. The lowest BCUT2D eigenvalue weighted by atomic mass is 9.92. The molecule has 7 heteroatoms. The monoisotopic (exact) mass is 355 g/mol. The van der Waals surface area contributed by atoms with Crippen LogP contribution in [0.1, 0.15) is 23.7 Å². The second-order valence-electron chi connectivity index (χ2n) is 6.64. The van der Waals surface area contributed by atoms with Crippen LogP contribution in [-0.2, 0) is 0 Å². The van der Waals surface area contributed by atoms with Crippen LogP contribution in [0.5, 0.6) is 0 Å². The molecule has 1 saturated heterocycles. The topological polar surface area (TPSA) is 65.1 Å². The van der Waals surface area contributed by atoms with Gasteiger partial charge in [-0.15, -0.1) is 0 Å². The Labute approximate surface area is 150 Å². The summed E-state index contributed by atoms with van der Waals surface area (Å²) in [4.78, 5) is 28.8. The molecule has 3 aromatic rings. The second-order valence-corrected chi connectivity index (χ2v) is 7.42. The molecule has 3 aromatic heterocycles. The number of thiophene rings is 1. The Balaban J connectivity index is 1.59. The maximum Gasteiger partial charge on any atom is 0.254 e. The quantitative estimate of drug-likeness (QED) is 0.784. The number of amides is 1. The number of hydrogen-bond acceptors (Lipinski definition) is 5. The van der Waals surface area contributed by atoms with E-state index in [2.05, 4.69) is 33.8 Å². The van der Waals surface area contributed by atoms with E-state index in [0.717, 1.165) is 35.4 Å². The van der Waals surface area contributed by atoms with Crippen molar-refractivity contribution in [3.05, 3.63) is 41.0 Å². The Morgan fingerprint density at radius 1 is 1.40 bits per heavy atom. The molecule has 6 nitrogen and oxygen atoms in total. The zero-order chi connectivity index (χ0) is 17.4. The minimum absolute atomic E-state index is 0.126. The Hall–Kier alpha value is -2.41. The van der Waals surface area contributed by atoms with Crippen molar-refractivity contribution in [2.45, 2.75) is 19.4 Å². The van der Waals surface area contributed by atoms with Crippen molar-refractivity contribution >= 4 is 34.1 Å². The number of hydrogen-bond donors (Lipinski definition) is 1. The number of likely N-dealkylation sites (tertiary alicyclic amines) is 1. The van der Waals surface area contributed by atoms with E-state index in [1.807, 2.05) is 34.0 Å². The Morgan fingerprint density at radius 3 is 3.08 bits per heavy atom. The highest BCUT2D eigenvalue weighted by molar-refractivity contribution is 7.08. The van der Waals surface area contributed by atoms with E-state index < -0.39 is 0 Å².